The van der Waals surface area contributed by atoms with Crippen LogP contribution in [0.15, 0.2) is 24.5 Å². The molecule has 2 aromatic rings. The molecule has 0 spiro atoms. The fraction of sp³-hybridized carbons (Fsp3) is 0.562. The summed E-state index contributed by atoms with van der Waals surface area (Å²) in [6, 6.07) is 3.98. The van der Waals surface area contributed by atoms with Crippen LogP contribution < -0.4 is 0 Å². The van der Waals surface area contributed by atoms with Crippen molar-refractivity contribution in [1.82, 2.24) is 24.9 Å². The van der Waals surface area contributed by atoms with E-state index >= 15 is 0 Å². The van der Waals surface area contributed by atoms with E-state index < -0.39 is 0 Å². The van der Waals surface area contributed by atoms with Crippen molar-refractivity contribution in [2.45, 2.75) is 39.2 Å². The van der Waals surface area contributed by atoms with Gasteiger partial charge >= 0.3 is 0 Å². The summed E-state index contributed by atoms with van der Waals surface area (Å²) in [5.74, 6) is 0.771. The Labute approximate surface area is 130 Å². The van der Waals surface area contributed by atoms with Gasteiger partial charge in [-0.25, -0.2) is 0 Å². The largest absolute Gasteiger partial charge is 0.342 e. The van der Waals surface area contributed by atoms with E-state index in [2.05, 4.69) is 15.3 Å². The molecule has 0 bridgehead atoms. The van der Waals surface area contributed by atoms with E-state index in [-0.39, 0.29) is 5.91 Å². The average Bonchev–Trinajstić information content (AvgIpc) is 3.17. The number of amides is 1. The number of nitrogens with zero attached hydrogens (tertiary/aromatic N) is 4. The molecule has 3 heterocycles. The van der Waals surface area contributed by atoms with E-state index in [1.807, 2.05) is 34.8 Å². The van der Waals surface area contributed by atoms with Crippen molar-refractivity contribution in [2.24, 2.45) is 5.92 Å². The zero-order valence-corrected chi connectivity index (χ0v) is 13.0. The Hall–Kier alpha value is -2.11. The number of rotatable bonds is 5. The predicted molar refractivity (Wildman–Crippen MR) is 83.2 cm³/mol. The number of carbonyl (C=O) groups is 1. The summed E-state index contributed by atoms with van der Waals surface area (Å²) >= 11 is 0. The van der Waals surface area contributed by atoms with Gasteiger partial charge in [-0.3, -0.25) is 14.6 Å². The summed E-state index contributed by atoms with van der Waals surface area (Å²) in [5.41, 5.74) is 2.15. The van der Waals surface area contributed by atoms with E-state index in [4.69, 9.17) is 0 Å². The van der Waals surface area contributed by atoms with Crippen molar-refractivity contribution in [3.8, 4) is 0 Å². The Morgan fingerprint density at radius 3 is 3.09 bits per heavy atom. The van der Waals surface area contributed by atoms with Crippen LogP contribution in [0.2, 0.25) is 0 Å². The summed E-state index contributed by atoms with van der Waals surface area (Å²) in [5, 5.41) is 11.3. The normalized spacial score (nSPS) is 18.6. The van der Waals surface area contributed by atoms with E-state index in [1.54, 1.807) is 6.20 Å². The highest BCUT2D eigenvalue weighted by molar-refractivity contribution is 5.76. The molecule has 0 unspecified atom stereocenters. The lowest BCUT2D eigenvalue weighted by molar-refractivity contribution is -0.133. The number of aromatic nitrogens is 4. The molecule has 1 fully saturated rings. The molecule has 22 heavy (non-hydrogen) atoms. The van der Waals surface area contributed by atoms with Crippen LogP contribution in [0.5, 0.6) is 0 Å². The smallest absolute Gasteiger partial charge is 0.224 e. The lowest BCUT2D eigenvalue weighted by Gasteiger charge is -2.32. The van der Waals surface area contributed by atoms with Crippen molar-refractivity contribution in [1.29, 1.82) is 0 Å². The first-order chi connectivity index (χ1) is 10.7. The maximum absolute atomic E-state index is 12.4. The minimum absolute atomic E-state index is 0.238. The summed E-state index contributed by atoms with van der Waals surface area (Å²) < 4.78 is 1.85. The van der Waals surface area contributed by atoms with Gasteiger partial charge in [-0.15, -0.1) is 0 Å². The highest BCUT2D eigenvalue weighted by Gasteiger charge is 2.23. The van der Waals surface area contributed by atoms with Crippen molar-refractivity contribution >= 4 is 5.91 Å². The number of carbonyl (C=O) groups excluding carboxylic acids is 1. The third-order valence-electron chi connectivity index (χ3n) is 4.27. The van der Waals surface area contributed by atoms with Crippen molar-refractivity contribution < 1.29 is 4.79 Å². The van der Waals surface area contributed by atoms with E-state index in [0.29, 0.717) is 18.9 Å². The molecule has 1 aliphatic heterocycles. The topological polar surface area (TPSA) is 66.8 Å². The van der Waals surface area contributed by atoms with Crippen molar-refractivity contribution in [2.75, 3.05) is 13.1 Å². The molecule has 2 aromatic heterocycles. The second-order valence-corrected chi connectivity index (χ2v) is 6.10. The number of hydrogen-bond acceptors (Lipinski definition) is 3. The van der Waals surface area contributed by atoms with Gasteiger partial charge < -0.3 is 4.90 Å². The number of nitrogens with one attached hydrogen (secondary N) is 1. The second-order valence-electron chi connectivity index (χ2n) is 6.10. The van der Waals surface area contributed by atoms with Gasteiger partial charge in [-0.2, -0.15) is 10.2 Å². The Bertz CT molecular complexity index is 604. The summed E-state index contributed by atoms with van der Waals surface area (Å²) in [6.07, 6.45) is 7.49. The lowest BCUT2D eigenvalue weighted by Crippen LogP contribution is -2.40. The molecular weight excluding hydrogens is 278 g/mol. The van der Waals surface area contributed by atoms with Gasteiger partial charge in [0.2, 0.25) is 5.91 Å². The van der Waals surface area contributed by atoms with Crippen LogP contribution in [0.3, 0.4) is 0 Å². The van der Waals surface area contributed by atoms with Crippen LogP contribution in [-0.4, -0.2) is 43.9 Å². The van der Waals surface area contributed by atoms with Gasteiger partial charge in [-0.1, -0.05) is 0 Å². The van der Waals surface area contributed by atoms with Crippen LogP contribution >= 0.6 is 0 Å². The second kappa shape index (κ2) is 6.77. The molecule has 0 saturated carbocycles. The Morgan fingerprint density at radius 1 is 1.45 bits per heavy atom. The molecule has 1 N–H and O–H groups in total. The van der Waals surface area contributed by atoms with Gasteiger partial charge in [0, 0.05) is 44.1 Å². The van der Waals surface area contributed by atoms with Crippen LogP contribution in [0, 0.1) is 12.8 Å². The molecule has 1 atom stereocenters. The number of piperidine rings is 1. The molecule has 1 amide bonds. The van der Waals surface area contributed by atoms with E-state index in [9.17, 15) is 4.79 Å². The van der Waals surface area contributed by atoms with Crippen molar-refractivity contribution in [3.05, 3.63) is 35.9 Å². The molecule has 1 saturated heterocycles. The van der Waals surface area contributed by atoms with E-state index in [0.717, 1.165) is 37.3 Å². The molecule has 0 aliphatic carbocycles. The maximum atomic E-state index is 12.4. The number of likely N-dealkylation sites (tertiary alicyclic amines) is 1. The quantitative estimate of drug-likeness (QED) is 0.915. The summed E-state index contributed by atoms with van der Waals surface area (Å²) in [7, 11) is 0. The Kier molecular flexibility index (Phi) is 4.56. The number of aromatic amines is 1. The molecule has 3 rings (SSSR count). The van der Waals surface area contributed by atoms with Crippen LogP contribution in [-0.2, 0) is 17.8 Å². The zero-order valence-electron chi connectivity index (χ0n) is 13.0. The van der Waals surface area contributed by atoms with E-state index in [1.165, 1.54) is 6.42 Å². The fourth-order valence-electron chi connectivity index (χ4n) is 3.12. The van der Waals surface area contributed by atoms with Gasteiger partial charge in [0.15, 0.2) is 0 Å². The Morgan fingerprint density at radius 2 is 2.36 bits per heavy atom. The number of hydrogen-bond donors (Lipinski definition) is 1. The van der Waals surface area contributed by atoms with Crippen molar-refractivity contribution in [3.63, 3.8) is 0 Å². The first-order valence-corrected chi connectivity index (χ1v) is 7.97. The predicted octanol–water partition coefficient (Wildman–Crippen LogP) is 1.79. The highest BCUT2D eigenvalue weighted by atomic mass is 16.2. The fourth-order valence-corrected chi connectivity index (χ4v) is 3.12. The number of H-pyrrole nitrogens is 1. The van der Waals surface area contributed by atoms with Gasteiger partial charge in [-0.05, 0) is 44.2 Å². The summed E-state index contributed by atoms with van der Waals surface area (Å²) in [4.78, 5) is 14.4. The minimum Gasteiger partial charge on any atom is -0.342 e. The standard InChI is InChI=1S/C16H23N5O/c1-13-5-9-21(19-13)10-6-16(22)20-8-2-3-14(12-20)11-15-4-7-17-18-15/h4-5,7,9,14H,2-3,6,8,10-12H2,1H3,(H,17,18)/t14-/m1/s1. The third kappa shape index (κ3) is 3.75. The summed E-state index contributed by atoms with van der Waals surface area (Å²) in [6.45, 7) is 4.36. The maximum Gasteiger partial charge on any atom is 0.224 e. The van der Waals surface area contributed by atoms with Gasteiger partial charge in [0.25, 0.3) is 0 Å². The molecular formula is C16H23N5O. The molecule has 0 aromatic carbocycles. The first kappa shape index (κ1) is 14.8. The molecule has 0 radical (unpaired) electrons. The zero-order chi connectivity index (χ0) is 15.4. The molecule has 118 valence electrons. The molecule has 1 aliphatic rings. The van der Waals surface area contributed by atoms with Gasteiger partial charge in [0.1, 0.15) is 0 Å². The van der Waals surface area contributed by atoms with Gasteiger partial charge in [0.05, 0.1) is 5.69 Å². The first-order valence-electron chi connectivity index (χ1n) is 7.97. The van der Waals surface area contributed by atoms with Crippen LogP contribution in [0.25, 0.3) is 0 Å². The van der Waals surface area contributed by atoms with Crippen LogP contribution in [0.1, 0.15) is 30.7 Å². The van der Waals surface area contributed by atoms with Crippen LogP contribution in [0.4, 0.5) is 0 Å². The average molecular weight is 301 g/mol. The highest BCUT2D eigenvalue weighted by Crippen LogP contribution is 2.20. The monoisotopic (exact) mass is 301 g/mol. The third-order valence-corrected chi connectivity index (χ3v) is 4.27. The Balaban J connectivity index is 1.49. The molecule has 6 heteroatoms. The molecule has 6 nitrogen and oxygen atoms in total. The lowest BCUT2D eigenvalue weighted by atomic mass is 9.93. The minimum atomic E-state index is 0.238. The number of aryl methyl sites for hydroxylation is 2. The SMILES string of the molecule is Cc1ccn(CCC(=O)N2CCC[C@H](Cc3ccn[nH]3)C2)n1.